The van der Waals surface area contributed by atoms with Gasteiger partial charge >= 0.3 is 5.97 Å². The number of amides is 1. The number of aliphatic imine (C=N–C) groups is 1. The van der Waals surface area contributed by atoms with Gasteiger partial charge in [-0.3, -0.25) is 14.1 Å². The fourth-order valence-corrected chi connectivity index (χ4v) is 6.27. The quantitative estimate of drug-likeness (QED) is 0.260. The van der Waals surface area contributed by atoms with Crippen LogP contribution < -0.4 is 25.0 Å². The maximum absolute atomic E-state index is 15.1. The molecule has 2 heterocycles. The van der Waals surface area contributed by atoms with Crippen molar-refractivity contribution in [2.45, 2.75) is 25.3 Å². The molecule has 15 heteroatoms. The lowest BCUT2D eigenvalue weighted by atomic mass is 10.2. The first-order valence-corrected chi connectivity index (χ1v) is 15.3. The van der Waals surface area contributed by atoms with Gasteiger partial charge < -0.3 is 25.4 Å². The summed E-state index contributed by atoms with van der Waals surface area (Å²) >= 11 is 0.938. The molecule has 0 spiro atoms. The van der Waals surface area contributed by atoms with E-state index in [4.69, 9.17) is 9.47 Å². The van der Waals surface area contributed by atoms with Crippen LogP contribution in [0.5, 0.6) is 5.75 Å². The Hall–Kier alpha value is -4.24. The minimum atomic E-state index is -4.44. The number of nitrogens with one attached hydrogen (secondary N) is 3. The van der Waals surface area contributed by atoms with E-state index in [2.05, 4.69) is 25.9 Å². The van der Waals surface area contributed by atoms with Gasteiger partial charge in [-0.15, -0.1) is 11.3 Å². The highest BCUT2D eigenvalue weighted by atomic mass is 32.2. The molecule has 0 bridgehead atoms. The molecule has 0 saturated carbocycles. The van der Waals surface area contributed by atoms with Crippen molar-refractivity contribution in [2.75, 3.05) is 43.0 Å². The third-order valence-corrected chi connectivity index (χ3v) is 8.60. The van der Waals surface area contributed by atoms with Gasteiger partial charge in [-0.05, 0) is 41.8 Å². The molecule has 1 aromatic heterocycles. The Kier molecular flexibility index (Phi) is 9.96. The molecule has 1 aliphatic heterocycles. The molecule has 4 rings (SSSR count). The van der Waals surface area contributed by atoms with Crippen LogP contribution in [0.1, 0.15) is 29.9 Å². The molecule has 1 amide bonds. The van der Waals surface area contributed by atoms with Crippen LogP contribution in [-0.4, -0.2) is 64.6 Å². The number of hydrogen-bond acceptors (Lipinski definition) is 11. The first-order chi connectivity index (χ1) is 20.1. The topological polar surface area (TPSA) is 151 Å². The fourth-order valence-electron chi connectivity index (χ4n) is 3.79. The number of rotatable bonds is 12. The first kappa shape index (κ1) is 30.7. The van der Waals surface area contributed by atoms with Crippen LogP contribution in [0.4, 0.5) is 15.1 Å². The number of sulfonamides is 1. The van der Waals surface area contributed by atoms with Gasteiger partial charge in [-0.25, -0.2) is 22.6 Å². The molecule has 0 aliphatic carbocycles. The second kappa shape index (κ2) is 13.6. The third-order valence-electron chi connectivity index (χ3n) is 5.89. The Morgan fingerprint density at radius 2 is 1.95 bits per heavy atom. The average molecular weight is 619 g/mol. The van der Waals surface area contributed by atoms with Crippen LogP contribution in [0.3, 0.4) is 0 Å². The lowest BCUT2D eigenvalue weighted by molar-refractivity contribution is -0.115. The van der Waals surface area contributed by atoms with E-state index in [1.165, 1.54) is 24.8 Å². The molecular weight excluding hydrogens is 587 g/mol. The number of anilines is 2. The number of nitrogens with zero attached hydrogens (tertiary/aromatic N) is 3. The van der Waals surface area contributed by atoms with E-state index in [9.17, 15) is 18.0 Å². The normalized spacial score (nSPS) is 12.8. The highest BCUT2D eigenvalue weighted by Gasteiger charge is 2.32. The van der Waals surface area contributed by atoms with Gasteiger partial charge in [0.25, 0.3) is 10.0 Å². The SMILES string of the molecule is COc1ccc(CN(c2scnc2C(=O)OCC(C)C)S(=O)(=O)c2ccc(NC(=O)CNC3=NCCN3)c(F)c2)cc1. The van der Waals surface area contributed by atoms with Crippen molar-refractivity contribution >= 4 is 49.9 Å². The molecule has 3 N–H and O–H groups in total. The summed E-state index contributed by atoms with van der Waals surface area (Å²) in [6.45, 7) is 4.76. The molecule has 224 valence electrons. The number of methoxy groups -OCH3 is 1. The first-order valence-electron chi connectivity index (χ1n) is 13.0. The molecular formula is C27H31FN6O6S2. The Bertz CT molecular complexity index is 1560. The molecule has 1 aliphatic rings. The van der Waals surface area contributed by atoms with Crippen LogP contribution in [0.25, 0.3) is 0 Å². The molecule has 0 atom stereocenters. The van der Waals surface area contributed by atoms with Gasteiger partial charge in [0.2, 0.25) is 5.91 Å². The number of thiazole rings is 1. The van der Waals surface area contributed by atoms with Gasteiger partial charge in [0.05, 0.1) is 49.4 Å². The molecule has 0 fully saturated rings. The number of benzene rings is 2. The fraction of sp³-hybridized carbons (Fsp3) is 0.333. The van der Waals surface area contributed by atoms with Crippen LogP contribution >= 0.6 is 11.3 Å². The number of esters is 1. The Balaban J connectivity index is 1.62. The van der Waals surface area contributed by atoms with Gasteiger partial charge in [0, 0.05) is 6.54 Å². The number of ether oxygens (including phenoxy) is 2. The van der Waals surface area contributed by atoms with E-state index in [1.54, 1.807) is 24.3 Å². The van der Waals surface area contributed by atoms with Crippen molar-refractivity contribution in [3.05, 3.63) is 65.0 Å². The number of carbonyl (C=O) groups is 2. The number of hydrogen-bond donors (Lipinski definition) is 3. The number of carbonyl (C=O) groups excluding carboxylic acids is 2. The van der Waals surface area contributed by atoms with E-state index in [1.807, 2.05) is 13.8 Å². The average Bonchev–Trinajstić information content (AvgIpc) is 3.67. The van der Waals surface area contributed by atoms with Gasteiger partial charge in [0.1, 0.15) is 16.6 Å². The summed E-state index contributed by atoms with van der Waals surface area (Å²) in [5.74, 6) is -1.17. The zero-order valence-corrected chi connectivity index (χ0v) is 24.9. The monoisotopic (exact) mass is 618 g/mol. The van der Waals surface area contributed by atoms with Crippen LogP contribution in [-0.2, 0) is 26.1 Å². The molecule has 12 nitrogen and oxygen atoms in total. The van der Waals surface area contributed by atoms with Gasteiger partial charge in [-0.1, -0.05) is 26.0 Å². The summed E-state index contributed by atoms with van der Waals surface area (Å²) in [6.07, 6.45) is 0. The Morgan fingerprint density at radius 1 is 1.19 bits per heavy atom. The summed E-state index contributed by atoms with van der Waals surface area (Å²) in [4.78, 5) is 33.0. The van der Waals surface area contributed by atoms with E-state index in [0.717, 1.165) is 21.7 Å². The lowest BCUT2D eigenvalue weighted by Gasteiger charge is -2.24. The maximum Gasteiger partial charge on any atom is 0.360 e. The standard InChI is InChI=1S/C27H31FN6O6S2/c1-17(2)15-40-26(36)24-25(41-16-32-24)34(14-18-4-6-19(39-3)7-5-18)42(37,38)20-8-9-22(21(28)12-20)33-23(35)13-31-27-29-10-11-30-27/h4-9,12,16-17H,10-11,13-15H2,1-3H3,(H,33,35)(H2,29,30,31). The predicted octanol–water partition coefficient (Wildman–Crippen LogP) is 2.99. The van der Waals surface area contributed by atoms with Crippen LogP contribution in [0.15, 0.2) is 57.9 Å². The van der Waals surface area contributed by atoms with Crippen molar-refractivity contribution in [1.82, 2.24) is 15.6 Å². The lowest BCUT2D eigenvalue weighted by Crippen LogP contribution is -2.39. The zero-order chi connectivity index (χ0) is 30.3. The van der Waals surface area contributed by atoms with E-state index < -0.39 is 27.7 Å². The van der Waals surface area contributed by atoms with E-state index >= 15 is 4.39 Å². The number of halogens is 1. The zero-order valence-electron chi connectivity index (χ0n) is 23.2. The van der Waals surface area contributed by atoms with Crippen molar-refractivity contribution in [3.8, 4) is 5.75 Å². The van der Waals surface area contributed by atoms with Crippen molar-refractivity contribution in [3.63, 3.8) is 0 Å². The second-order valence-electron chi connectivity index (χ2n) is 9.56. The third kappa shape index (κ3) is 7.53. The number of aromatic nitrogens is 1. The molecule has 42 heavy (non-hydrogen) atoms. The van der Waals surface area contributed by atoms with Crippen molar-refractivity contribution in [2.24, 2.45) is 10.9 Å². The molecule has 0 saturated heterocycles. The van der Waals surface area contributed by atoms with Crippen LogP contribution in [0, 0.1) is 11.7 Å². The maximum atomic E-state index is 15.1. The summed E-state index contributed by atoms with van der Waals surface area (Å²) in [7, 11) is -2.93. The van der Waals surface area contributed by atoms with Gasteiger partial charge in [0.15, 0.2) is 11.7 Å². The molecule has 3 aromatic rings. The minimum Gasteiger partial charge on any atom is -0.497 e. The van der Waals surface area contributed by atoms with Gasteiger partial charge in [-0.2, -0.15) is 0 Å². The highest BCUT2D eigenvalue weighted by Crippen LogP contribution is 2.34. The summed E-state index contributed by atoms with van der Waals surface area (Å²) in [6, 6.07) is 9.88. The van der Waals surface area contributed by atoms with Crippen molar-refractivity contribution < 1.29 is 31.9 Å². The summed E-state index contributed by atoms with van der Waals surface area (Å²) < 4.78 is 54.6. The second-order valence-corrected chi connectivity index (χ2v) is 12.3. The van der Waals surface area contributed by atoms with E-state index in [-0.39, 0.29) is 46.9 Å². The molecule has 0 radical (unpaired) electrons. The van der Waals surface area contributed by atoms with E-state index in [0.29, 0.717) is 30.4 Å². The Labute approximate surface area is 247 Å². The Morgan fingerprint density at radius 3 is 2.60 bits per heavy atom. The van der Waals surface area contributed by atoms with Crippen LogP contribution in [0.2, 0.25) is 0 Å². The minimum absolute atomic E-state index is 0.0203. The largest absolute Gasteiger partial charge is 0.497 e. The van der Waals surface area contributed by atoms with Crippen molar-refractivity contribution in [1.29, 1.82) is 0 Å². The highest BCUT2D eigenvalue weighted by molar-refractivity contribution is 7.93. The predicted molar refractivity (Wildman–Crippen MR) is 157 cm³/mol. The smallest absolute Gasteiger partial charge is 0.360 e. The number of guanidine groups is 1. The molecule has 2 aromatic carbocycles. The summed E-state index contributed by atoms with van der Waals surface area (Å²) in [5, 5.41) is 8.19. The summed E-state index contributed by atoms with van der Waals surface area (Å²) in [5.41, 5.74) is 1.56. The molecule has 0 unspecified atom stereocenters.